The number of hydrogen-bond donors (Lipinski definition) is 0. The van der Waals surface area contributed by atoms with Gasteiger partial charge in [-0.15, -0.1) is 42.9 Å². The van der Waals surface area contributed by atoms with Crippen molar-refractivity contribution in [3.8, 4) is 0 Å². The summed E-state index contributed by atoms with van der Waals surface area (Å²) >= 11 is 0. The Balaban J connectivity index is 0.00000277. The van der Waals surface area contributed by atoms with Crippen LogP contribution in [0, 0.1) is 26.0 Å². The Hall–Kier alpha value is -4.57. The van der Waals surface area contributed by atoms with Crippen LogP contribution in [-0.2, 0) is 19.8 Å². The molecule has 6 heteroatoms. The molecule has 0 unspecified atom stereocenters. The zero-order valence-electron chi connectivity index (χ0n) is 20.8. The Morgan fingerprint density at radius 3 is 1.26 bits per heavy atom. The van der Waals surface area contributed by atoms with E-state index >= 15 is 0 Å². The van der Waals surface area contributed by atoms with Crippen molar-refractivity contribution in [2.24, 2.45) is 0 Å². The maximum atomic E-state index is 7.85. The summed E-state index contributed by atoms with van der Waals surface area (Å²) in [6, 6.07) is 44.6. The van der Waals surface area contributed by atoms with Crippen molar-refractivity contribution in [1.82, 2.24) is 0 Å². The average molecular weight is 679 g/mol. The molecule has 2 aliphatic heterocycles. The van der Waals surface area contributed by atoms with Gasteiger partial charge in [0.15, 0.2) is 0 Å². The number of benzene rings is 5. The van der Waals surface area contributed by atoms with Gasteiger partial charge in [0.1, 0.15) is 0 Å². The van der Waals surface area contributed by atoms with E-state index in [1.54, 1.807) is 0 Å². The van der Waals surface area contributed by atoms with E-state index in [9.17, 15) is 0 Å². The Kier molecular flexibility index (Phi) is 6.53. The summed E-state index contributed by atoms with van der Waals surface area (Å²) in [5.74, 6) is 0. The van der Waals surface area contributed by atoms with Gasteiger partial charge in [0.25, 0.3) is 0 Å². The number of para-hydroxylation sites is 6. The van der Waals surface area contributed by atoms with E-state index in [0.717, 1.165) is 45.5 Å². The minimum absolute atomic E-state index is 0. The van der Waals surface area contributed by atoms with Gasteiger partial charge in [0, 0.05) is 53.9 Å². The first-order valence-electron chi connectivity index (χ1n) is 12.4. The molecule has 5 aromatic carbocycles. The molecule has 0 fully saturated rings. The summed E-state index contributed by atoms with van der Waals surface area (Å²) in [6.45, 7) is 12.0. The third-order valence-electron chi connectivity index (χ3n) is 6.81. The normalized spacial score (nSPS) is 13.5. The van der Waals surface area contributed by atoms with Gasteiger partial charge < -0.3 is 19.6 Å². The maximum Gasteiger partial charge on any atom is 0.0899 e. The first-order chi connectivity index (χ1) is 18.8. The molecule has 0 bridgehead atoms. The zero-order chi connectivity index (χ0) is 25.5. The predicted octanol–water partition coefficient (Wildman–Crippen LogP) is 8.85. The van der Waals surface area contributed by atoms with Gasteiger partial charge in [-0.2, -0.15) is 0 Å². The summed E-state index contributed by atoms with van der Waals surface area (Å²) in [4.78, 5) is 12.4. The van der Waals surface area contributed by atoms with Crippen LogP contribution < -0.4 is 19.6 Å². The molecule has 0 aromatic heterocycles. The molecule has 2 heterocycles. The summed E-state index contributed by atoms with van der Waals surface area (Å²) < 4.78 is 0. The van der Waals surface area contributed by atoms with Gasteiger partial charge in [-0.05, 0) is 48.5 Å². The fourth-order valence-corrected chi connectivity index (χ4v) is 5.04. The second-order valence-corrected chi connectivity index (χ2v) is 9.08. The molecule has 0 aliphatic carbocycles. The molecule has 0 amide bonds. The molecule has 0 N–H and O–H groups in total. The van der Waals surface area contributed by atoms with E-state index in [-0.39, 0.29) is 19.8 Å². The molecule has 5 aromatic rings. The van der Waals surface area contributed by atoms with Crippen LogP contribution in [0.4, 0.5) is 51.2 Å². The molecule has 5 nitrogen and oxygen atoms in total. The Morgan fingerprint density at radius 1 is 0.513 bits per heavy atom. The molecule has 0 radical (unpaired) electrons. The predicted molar refractivity (Wildman–Crippen MR) is 154 cm³/mol. The van der Waals surface area contributed by atoms with Crippen molar-refractivity contribution < 1.29 is 19.8 Å². The Labute approximate surface area is 242 Å². The van der Waals surface area contributed by atoms with Gasteiger partial charge in [-0.3, -0.25) is 4.85 Å². The molecular formula is C33H22N5Os-3. The second kappa shape index (κ2) is 10.3. The number of fused-ring (bicyclic) bond motifs is 2. The molecule has 7 rings (SSSR count). The maximum absolute atomic E-state index is 7.85. The van der Waals surface area contributed by atoms with Crippen molar-refractivity contribution >= 4 is 51.2 Å². The minimum atomic E-state index is 0. The second-order valence-electron chi connectivity index (χ2n) is 9.08. The zero-order valence-corrected chi connectivity index (χ0v) is 23.3. The van der Waals surface area contributed by atoms with Crippen LogP contribution in [0.5, 0.6) is 0 Å². The molecule has 0 atom stereocenters. The molecular weight excluding hydrogens is 657 g/mol. The number of nitrogens with zero attached hydrogens (tertiary/aromatic N) is 5. The molecule has 2 aliphatic rings. The quantitative estimate of drug-likeness (QED) is 0.177. The Bertz CT molecular complexity index is 1550. The van der Waals surface area contributed by atoms with Crippen LogP contribution in [0.3, 0.4) is 0 Å². The van der Waals surface area contributed by atoms with Crippen LogP contribution in [-0.4, -0.2) is 0 Å². The van der Waals surface area contributed by atoms with Crippen molar-refractivity contribution in [2.45, 2.75) is 0 Å². The summed E-state index contributed by atoms with van der Waals surface area (Å²) in [5, 5.41) is 0. The SMILES string of the molecule is [C-]#[N+]c1cc(N2[CH-]N(c3ccccc3)c3ccccc32)[c-]c(N2[CH-]N(c3ccccc3)c3ccccc32)c1.[Os]. The van der Waals surface area contributed by atoms with E-state index in [0.29, 0.717) is 5.69 Å². The van der Waals surface area contributed by atoms with Gasteiger partial charge in [-0.25, -0.2) is 0 Å². The topological polar surface area (TPSA) is 17.3 Å². The van der Waals surface area contributed by atoms with Gasteiger partial charge in [0.05, 0.1) is 12.3 Å². The molecule has 0 saturated heterocycles. The van der Waals surface area contributed by atoms with Crippen LogP contribution >= 0.6 is 0 Å². The number of anilines is 8. The third-order valence-corrected chi connectivity index (χ3v) is 6.81. The largest absolute Gasteiger partial charge is 0.494 e. The van der Waals surface area contributed by atoms with Crippen LogP contribution in [0.25, 0.3) is 4.85 Å². The van der Waals surface area contributed by atoms with Crippen LogP contribution in [0.1, 0.15) is 0 Å². The van der Waals surface area contributed by atoms with Crippen LogP contribution in [0.15, 0.2) is 121 Å². The van der Waals surface area contributed by atoms with Crippen molar-refractivity contribution in [3.63, 3.8) is 0 Å². The van der Waals surface area contributed by atoms with E-state index in [2.05, 4.69) is 92.4 Å². The minimum Gasteiger partial charge on any atom is -0.494 e. The fraction of sp³-hybridized carbons (Fsp3) is 0. The molecule has 39 heavy (non-hydrogen) atoms. The first-order valence-corrected chi connectivity index (χ1v) is 12.4. The van der Waals surface area contributed by atoms with Gasteiger partial charge in [0.2, 0.25) is 0 Å². The molecule has 190 valence electrons. The van der Waals surface area contributed by atoms with E-state index in [1.807, 2.05) is 72.8 Å². The average Bonchev–Trinajstić information content (AvgIpc) is 3.58. The number of hydrogen-bond acceptors (Lipinski definition) is 4. The van der Waals surface area contributed by atoms with E-state index < -0.39 is 0 Å². The first kappa shape index (κ1) is 24.7. The molecule has 0 spiro atoms. The standard InChI is InChI=1S/C33H22N5.Os/c1-34-25-20-28(37-23-35(26-12-4-2-5-13-26)30-16-8-10-18-32(30)37)22-29(21-25)38-24-36(27-14-6-3-7-15-27)31-17-9-11-19-33(31)38;/h2-21,23-24H;/q-3;. The van der Waals surface area contributed by atoms with Gasteiger partial charge >= 0.3 is 0 Å². The van der Waals surface area contributed by atoms with Crippen molar-refractivity contribution in [3.05, 3.63) is 152 Å². The van der Waals surface area contributed by atoms with E-state index in [4.69, 9.17) is 6.57 Å². The number of rotatable bonds is 4. The van der Waals surface area contributed by atoms with Crippen molar-refractivity contribution in [2.75, 3.05) is 19.6 Å². The van der Waals surface area contributed by atoms with Crippen molar-refractivity contribution in [1.29, 1.82) is 0 Å². The summed E-state index contributed by atoms with van der Waals surface area (Å²) in [5.41, 5.74) is 8.56. The summed E-state index contributed by atoms with van der Waals surface area (Å²) in [7, 11) is 0. The smallest absolute Gasteiger partial charge is 0.0899 e. The molecule has 0 saturated carbocycles. The fourth-order valence-electron chi connectivity index (χ4n) is 5.04. The van der Waals surface area contributed by atoms with Crippen LogP contribution in [0.2, 0.25) is 0 Å². The third kappa shape index (κ3) is 4.32. The Morgan fingerprint density at radius 2 is 0.872 bits per heavy atom. The summed E-state index contributed by atoms with van der Waals surface area (Å²) in [6.07, 6.45) is 0. The van der Waals surface area contributed by atoms with E-state index in [1.165, 1.54) is 0 Å². The van der Waals surface area contributed by atoms with Gasteiger partial charge in [-0.1, -0.05) is 60.7 Å². The monoisotopic (exact) mass is 680 g/mol.